The van der Waals surface area contributed by atoms with Gasteiger partial charge in [-0.3, -0.25) is 19.1 Å². The fraction of sp³-hybridized carbons (Fsp3) is 0.625. The molecule has 0 spiro atoms. The normalized spacial score (nSPS) is 18.4. The van der Waals surface area contributed by atoms with Gasteiger partial charge in [-0.1, -0.05) is 13.8 Å². The number of aromatic nitrogens is 2. The van der Waals surface area contributed by atoms with Crippen LogP contribution in [-0.4, -0.2) is 59.8 Å². The van der Waals surface area contributed by atoms with Crippen LogP contribution in [0, 0.1) is 0 Å². The van der Waals surface area contributed by atoms with Crippen molar-refractivity contribution in [3.63, 3.8) is 0 Å². The average Bonchev–Trinajstić information content (AvgIpc) is 3.10. The number of H-pyrrole nitrogens is 1. The molecule has 2 unspecified atom stereocenters. The van der Waals surface area contributed by atoms with Gasteiger partial charge in [0.25, 0.3) is 5.56 Å². The topological polar surface area (TPSA) is 123 Å². The summed E-state index contributed by atoms with van der Waals surface area (Å²) >= 11 is 0. The molecule has 0 radical (unpaired) electrons. The first-order valence-electron chi connectivity index (χ1n) is 8.53. The van der Waals surface area contributed by atoms with Crippen molar-refractivity contribution in [1.82, 2.24) is 19.8 Å². The number of carbonyl (C=O) groups is 2. The van der Waals surface area contributed by atoms with E-state index in [4.69, 9.17) is 9.47 Å². The molecule has 10 heteroatoms. The lowest BCUT2D eigenvalue weighted by molar-refractivity contribution is -0.109. The first kappa shape index (κ1) is 21.4. The third kappa shape index (κ3) is 6.36. The van der Waals surface area contributed by atoms with E-state index in [1.165, 1.54) is 21.7 Å². The van der Waals surface area contributed by atoms with Crippen LogP contribution in [0.2, 0.25) is 0 Å². The molecule has 2 amide bonds. The van der Waals surface area contributed by atoms with Crippen LogP contribution >= 0.6 is 0 Å². The van der Waals surface area contributed by atoms with Gasteiger partial charge in [0.1, 0.15) is 12.8 Å². The lowest BCUT2D eigenvalue weighted by atomic mass is 10.2. The second-order valence-electron chi connectivity index (χ2n) is 5.38. The molecule has 0 aromatic carbocycles. The Kier molecular flexibility index (Phi) is 9.13. The third-order valence-electron chi connectivity index (χ3n) is 3.63. The van der Waals surface area contributed by atoms with Crippen LogP contribution in [0.5, 0.6) is 0 Å². The zero-order valence-electron chi connectivity index (χ0n) is 15.3. The molecule has 146 valence electrons. The van der Waals surface area contributed by atoms with Crippen molar-refractivity contribution in [3.8, 4) is 0 Å². The van der Waals surface area contributed by atoms with Crippen LogP contribution in [0.4, 0.5) is 4.79 Å². The van der Waals surface area contributed by atoms with Crippen molar-refractivity contribution in [1.29, 1.82) is 0 Å². The van der Waals surface area contributed by atoms with Gasteiger partial charge in [0.05, 0.1) is 6.10 Å². The molecule has 1 aliphatic rings. The summed E-state index contributed by atoms with van der Waals surface area (Å²) in [6.07, 6.45) is 1.81. The quantitative estimate of drug-likeness (QED) is 0.517. The summed E-state index contributed by atoms with van der Waals surface area (Å²) in [7, 11) is 1.56. The van der Waals surface area contributed by atoms with Crippen molar-refractivity contribution in [2.75, 3.05) is 26.7 Å². The van der Waals surface area contributed by atoms with E-state index >= 15 is 0 Å². The van der Waals surface area contributed by atoms with Gasteiger partial charge in [0, 0.05) is 32.4 Å². The Morgan fingerprint density at radius 2 is 2.19 bits per heavy atom. The van der Waals surface area contributed by atoms with Gasteiger partial charge < -0.3 is 19.7 Å². The number of nitrogens with zero attached hydrogens (tertiary/aromatic N) is 2. The summed E-state index contributed by atoms with van der Waals surface area (Å²) in [5, 5.41) is 2.45. The molecule has 0 bridgehead atoms. The third-order valence-corrected chi connectivity index (χ3v) is 3.63. The van der Waals surface area contributed by atoms with E-state index in [-0.39, 0.29) is 12.7 Å². The highest BCUT2D eigenvalue weighted by atomic mass is 16.6. The number of aromatic amines is 1. The smallest absolute Gasteiger partial charge is 0.409 e. The Hall–Kier alpha value is -2.62. The summed E-state index contributed by atoms with van der Waals surface area (Å²) in [5.41, 5.74) is -1.00. The maximum Gasteiger partial charge on any atom is 0.409 e. The minimum Gasteiger partial charge on any atom is -0.447 e. The fourth-order valence-electron chi connectivity index (χ4n) is 2.32. The number of nitrogens with one attached hydrogen (secondary N) is 2. The molecule has 0 aliphatic carbocycles. The van der Waals surface area contributed by atoms with E-state index in [9.17, 15) is 19.2 Å². The van der Waals surface area contributed by atoms with Gasteiger partial charge >= 0.3 is 11.8 Å². The zero-order chi connectivity index (χ0) is 19.5. The second-order valence-corrected chi connectivity index (χ2v) is 5.38. The minimum atomic E-state index is -0.535. The maximum atomic E-state index is 11.8. The Morgan fingerprint density at radius 3 is 2.85 bits per heavy atom. The second kappa shape index (κ2) is 11.1. The van der Waals surface area contributed by atoms with E-state index in [2.05, 4.69) is 10.3 Å². The van der Waals surface area contributed by atoms with Gasteiger partial charge in [-0.05, 0) is 12.8 Å². The van der Waals surface area contributed by atoms with Crippen LogP contribution in [-0.2, 0) is 14.3 Å². The molecular formula is C16H26N4O6. The molecule has 1 aromatic rings. The van der Waals surface area contributed by atoms with Crippen LogP contribution in [0.3, 0.4) is 0 Å². The van der Waals surface area contributed by atoms with Crippen molar-refractivity contribution >= 4 is 12.5 Å². The first-order valence-corrected chi connectivity index (χ1v) is 8.53. The first-order chi connectivity index (χ1) is 12.5. The van der Waals surface area contributed by atoms with Crippen LogP contribution < -0.4 is 16.6 Å². The predicted molar refractivity (Wildman–Crippen MR) is 93.9 cm³/mol. The fourth-order valence-corrected chi connectivity index (χ4v) is 2.32. The lowest BCUT2D eigenvalue weighted by Gasteiger charge is -2.19. The zero-order valence-corrected chi connectivity index (χ0v) is 15.3. The predicted octanol–water partition coefficient (Wildman–Crippen LogP) is 0.0548. The molecule has 1 saturated heterocycles. The van der Waals surface area contributed by atoms with E-state index in [0.717, 1.165) is 0 Å². The molecule has 26 heavy (non-hydrogen) atoms. The van der Waals surface area contributed by atoms with E-state index in [0.29, 0.717) is 32.3 Å². The monoisotopic (exact) mass is 370 g/mol. The largest absolute Gasteiger partial charge is 0.447 e. The van der Waals surface area contributed by atoms with Crippen LogP contribution in [0.15, 0.2) is 21.9 Å². The minimum absolute atomic E-state index is 0.0683. The number of hydrogen-bond acceptors (Lipinski definition) is 6. The molecule has 2 rings (SSSR count). The highest BCUT2D eigenvalue weighted by molar-refractivity contribution is 5.67. The van der Waals surface area contributed by atoms with Crippen LogP contribution in [0.1, 0.15) is 32.9 Å². The number of ether oxygens (including phenoxy) is 2. The summed E-state index contributed by atoms with van der Waals surface area (Å²) in [6, 6.07) is 1.25. The average molecular weight is 370 g/mol. The van der Waals surface area contributed by atoms with Gasteiger partial charge in [0.2, 0.25) is 6.41 Å². The summed E-state index contributed by atoms with van der Waals surface area (Å²) in [5.74, 6) is 0. The highest BCUT2D eigenvalue weighted by Gasteiger charge is 2.28. The number of carbonyl (C=O) groups excluding carboxylic acids is 2. The van der Waals surface area contributed by atoms with Crippen LogP contribution in [0.25, 0.3) is 0 Å². The van der Waals surface area contributed by atoms with E-state index in [1.54, 1.807) is 7.05 Å². The summed E-state index contributed by atoms with van der Waals surface area (Å²) < 4.78 is 12.1. The maximum absolute atomic E-state index is 11.8. The Bertz CT molecular complexity index is 686. The highest BCUT2D eigenvalue weighted by Crippen LogP contribution is 2.26. The van der Waals surface area contributed by atoms with Gasteiger partial charge in [0.15, 0.2) is 0 Å². The Balaban J connectivity index is 0.00000163. The SMILES string of the molecule is CC.CN(CCNC=O)C(=O)OCC1CCC(n2ccc(=O)[nH]c2=O)O1. The number of likely N-dealkylation sites (N-methyl/N-ethyl adjacent to an activating group) is 1. The lowest BCUT2D eigenvalue weighted by Crippen LogP contribution is -2.35. The summed E-state index contributed by atoms with van der Waals surface area (Å²) in [4.78, 5) is 48.2. The molecule has 10 nitrogen and oxygen atoms in total. The molecule has 2 heterocycles. The molecule has 1 aliphatic heterocycles. The van der Waals surface area contributed by atoms with Crippen molar-refractivity contribution in [2.24, 2.45) is 0 Å². The van der Waals surface area contributed by atoms with Crippen molar-refractivity contribution in [3.05, 3.63) is 33.1 Å². The number of amides is 2. The molecular weight excluding hydrogens is 344 g/mol. The van der Waals surface area contributed by atoms with Crippen molar-refractivity contribution < 1.29 is 19.1 Å². The summed E-state index contributed by atoms with van der Waals surface area (Å²) in [6.45, 7) is 4.74. The van der Waals surface area contributed by atoms with Gasteiger partial charge in [-0.2, -0.15) is 0 Å². The Labute approximate surface area is 151 Å². The molecule has 2 N–H and O–H groups in total. The molecule has 0 saturated carbocycles. The Morgan fingerprint density at radius 1 is 1.46 bits per heavy atom. The van der Waals surface area contributed by atoms with E-state index < -0.39 is 23.6 Å². The molecule has 1 aromatic heterocycles. The van der Waals surface area contributed by atoms with Gasteiger partial charge in [-0.25, -0.2) is 9.59 Å². The van der Waals surface area contributed by atoms with Gasteiger partial charge in [-0.15, -0.1) is 0 Å². The standard InChI is InChI=1S/C14H20N4O6.C2H6/c1-17(7-5-15-9-19)14(22)23-8-10-2-3-12(24-10)18-6-4-11(20)16-13(18)21;1-2/h4,6,9-10,12H,2-3,5,7-8H2,1H3,(H,15,19)(H,16,20,21);1-2H3. The number of rotatable bonds is 7. The van der Waals surface area contributed by atoms with Crippen molar-refractivity contribution in [2.45, 2.75) is 39.0 Å². The number of hydrogen-bond donors (Lipinski definition) is 2. The van der Waals surface area contributed by atoms with E-state index in [1.807, 2.05) is 13.8 Å². The molecule has 2 atom stereocenters. The molecule has 1 fully saturated rings.